The van der Waals surface area contributed by atoms with Crippen molar-refractivity contribution in [1.29, 1.82) is 0 Å². The second kappa shape index (κ2) is 4.00. The number of likely N-dealkylation sites (tertiary alicyclic amines) is 1. The number of carbonyl (C=O) groups is 1. The predicted octanol–water partition coefficient (Wildman–Crippen LogP) is 0.589. The maximum absolute atomic E-state index is 12.0. The van der Waals surface area contributed by atoms with Crippen LogP contribution in [0.1, 0.15) is 34.6 Å². The molecule has 4 heteroatoms. The standard InChI is InChI=1S/C12H24N2O2/c1-8(2)12(16)7-14(6-9(12)3)10(15)11(4,5)13/h8-9,16H,6-7,13H2,1-5H3/t9-,12-/m1/s1. The molecule has 0 aromatic rings. The Kier molecular flexibility index (Phi) is 3.37. The number of amides is 1. The van der Waals surface area contributed by atoms with Crippen LogP contribution in [0.15, 0.2) is 0 Å². The third kappa shape index (κ3) is 2.23. The van der Waals surface area contributed by atoms with Crippen molar-refractivity contribution in [2.45, 2.75) is 45.8 Å². The minimum Gasteiger partial charge on any atom is -0.387 e. The van der Waals surface area contributed by atoms with Crippen molar-refractivity contribution in [3.05, 3.63) is 0 Å². The van der Waals surface area contributed by atoms with E-state index in [2.05, 4.69) is 0 Å². The van der Waals surface area contributed by atoms with E-state index in [9.17, 15) is 9.90 Å². The smallest absolute Gasteiger partial charge is 0.242 e. The topological polar surface area (TPSA) is 66.6 Å². The number of β-amino-alcohol motifs (C(OH)–C–C–N with tert-alkyl or cyclic N) is 1. The molecule has 0 radical (unpaired) electrons. The quantitative estimate of drug-likeness (QED) is 0.727. The van der Waals surface area contributed by atoms with Gasteiger partial charge in [0.1, 0.15) is 0 Å². The molecule has 1 fully saturated rings. The normalized spacial score (nSPS) is 31.2. The highest BCUT2D eigenvalue weighted by molar-refractivity contribution is 5.85. The predicted molar refractivity (Wildman–Crippen MR) is 63.8 cm³/mol. The summed E-state index contributed by atoms with van der Waals surface area (Å²) in [6.07, 6.45) is 0. The molecule has 3 N–H and O–H groups in total. The summed E-state index contributed by atoms with van der Waals surface area (Å²) in [5.74, 6) is 0.149. The Hall–Kier alpha value is -0.610. The van der Waals surface area contributed by atoms with E-state index >= 15 is 0 Å². The molecule has 1 aliphatic rings. The highest BCUT2D eigenvalue weighted by Crippen LogP contribution is 2.34. The molecule has 1 amide bonds. The molecule has 0 spiro atoms. The third-order valence-electron chi connectivity index (χ3n) is 3.63. The van der Waals surface area contributed by atoms with Crippen LogP contribution in [0, 0.1) is 11.8 Å². The molecule has 0 aromatic carbocycles. The Balaban J connectivity index is 2.82. The van der Waals surface area contributed by atoms with Crippen LogP contribution in [0.5, 0.6) is 0 Å². The van der Waals surface area contributed by atoms with Gasteiger partial charge in [0.2, 0.25) is 5.91 Å². The van der Waals surface area contributed by atoms with E-state index in [0.29, 0.717) is 13.1 Å². The zero-order valence-corrected chi connectivity index (χ0v) is 10.9. The molecule has 0 saturated carbocycles. The molecule has 1 heterocycles. The van der Waals surface area contributed by atoms with Gasteiger partial charge in [0.05, 0.1) is 17.7 Å². The number of hydrogen-bond acceptors (Lipinski definition) is 3. The van der Waals surface area contributed by atoms with E-state index < -0.39 is 11.1 Å². The molecule has 1 rings (SSSR count). The summed E-state index contributed by atoms with van der Waals surface area (Å²) in [6.45, 7) is 10.3. The zero-order valence-electron chi connectivity index (χ0n) is 10.9. The molecule has 4 nitrogen and oxygen atoms in total. The second-order valence-electron chi connectivity index (χ2n) is 5.95. The van der Waals surface area contributed by atoms with Crippen LogP contribution >= 0.6 is 0 Å². The first-order valence-corrected chi connectivity index (χ1v) is 5.89. The maximum Gasteiger partial charge on any atom is 0.242 e. The lowest BCUT2D eigenvalue weighted by Gasteiger charge is -2.31. The Morgan fingerprint density at radius 2 is 2.06 bits per heavy atom. The average molecular weight is 228 g/mol. The minimum atomic E-state index is -0.859. The highest BCUT2D eigenvalue weighted by Gasteiger charge is 2.47. The lowest BCUT2D eigenvalue weighted by atomic mass is 9.82. The summed E-state index contributed by atoms with van der Waals surface area (Å²) in [6, 6.07) is 0. The molecule has 1 aliphatic heterocycles. The van der Waals surface area contributed by atoms with E-state index in [1.54, 1.807) is 18.7 Å². The molecule has 94 valence electrons. The van der Waals surface area contributed by atoms with Gasteiger partial charge in [-0.1, -0.05) is 20.8 Å². The van der Waals surface area contributed by atoms with Gasteiger partial charge in [0, 0.05) is 12.5 Å². The molecule has 16 heavy (non-hydrogen) atoms. The maximum atomic E-state index is 12.0. The van der Waals surface area contributed by atoms with E-state index in [1.807, 2.05) is 20.8 Å². The summed E-state index contributed by atoms with van der Waals surface area (Å²) in [4.78, 5) is 13.7. The van der Waals surface area contributed by atoms with Crippen molar-refractivity contribution in [1.82, 2.24) is 4.90 Å². The van der Waals surface area contributed by atoms with Gasteiger partial charge in [-0.05, 0) is 19.8 Å². The van der Waals surface area contributed by atoms with Crippen molar-refractivity contribution in [3.63, 3.8) is 0 Å². The van der Waals surface area contributed by atoms with E-state index in [0.717, 1.165) is 0 Å². The summed E-state index contributed by atoms with van der Waals surface area (Å²) in [5, 5.41) is 10.5. The van der Waals surface area contributed by atoms with Crippen molar-refractivity contribution in [2.75, 3.05) is 13.1 Å². The second-order valence-corrected chi connectivity index (χ2v) is 5.95. The first-order chi connectivity index (χ1) is 7.09. The zero-order chi connectivity index (χ0) is 12.7. The van der Waals surface area contributed by atoms with Gasteiger partial charge in [-0.15, -0.1) is 0 Å². The Morgan fingerprint density at radius 3 is 2.38 bits per heavy atom. The summed E-state index contributed by atoms with van der Waals surface area (Å²) in [7, 11) is 0. The van der Waals surface area contributed by atoms with Crippen LogP contribution in [-0.4, -0.2) is 40.1 Å². The van der Waals surface area contributed by atoms with Crippen LogP contribution in [0.25, 0.3) is 0 Å². The van der Waals surface area contributed by atoms with Crippen LogP contribution in [0.2, 0.25) is 0 Å². The van der Waals surface area contributed by atoms with Gasteiger partial charge in [0.25, 0.3) is 0 Å². The van der Waals surface area contributed by atoms with Gasteiger partial charge in [-0.3, -0.25) is 4.79 Å². The monoisotopic (exact) mass is 228 g/mol. The van der Waals surface area contributed by atoms with Crippen molar-refractivity contribution in [3.8, 4) is 0 Å². The number of nitrogens with zero attached hydrogens (tertiary/aromatic N) is 1. The van der Waals surface area contributed by atoms with Crippen LogP contribution in [0.4, 0.5) is 0 Å². The number of carbonyl (C=O) groups excluding carboxylic acids is 1. The fourth-order valence-corrected chi connectivity index (χ4v) is 2.33. The molecule has 2 atom stereocenters. The Labute approximate surface area is 97.8 Å². The largest absolute Gasteiger partial charge is 0.387 e. The molecule has 0 aromatic heterocycles. The molecule has 0 unspecified atom stereocenters. The fourth-order valence-electron chi connectivity index (χ4n) is 2.33. The summed E-state index contributed by atoms with van der Waals surface area (Å²) < 4.78 is 0. The number of hydrogen-bond donors (Lipinski definition) is 2. The Bertz CT molecular complexity index is 283. The number of rotatable bonds is 2. The highest BCUT2D eigenvalue weighted by atomic mass is 16.3. The number of aliphatic hydroxyl groups is 1. The van der Waals surface area contributed by atoms with E-state index in [4.69, 9.17) is 5.73 Å². The van der Waals surface area contributed by atoms with E-state index in [-0.39, 0.29) is 17.7 Å². The van der Waals surface area contributed by atoms with Gasteiger partial charge in [-0.2, -0.15) is 0 Å². The lowest BCUT2D eigenvalue weighted by Crippen LogP contribution is -2.51. The molecular weight excluding hydrogens is 204 g/mol. The lowest BCUT2D eigenvalue weighted by molar-refractivity contribution is -0.136. The summed E-state index contributed by atoms with van der Waals surface area (Å²) >= 11 is 0. The van der Waals surface area contributed by atoms with Crippen LogP contribution in [-0.2, 0) is 4.79 Å². The molecule has 0 bridgehead atoms. The molecule has 0 aliphatic carbocycles. The van der Waals surface area contributed by atoms with Crippen LogP contribution < -0.4 is 5.73 Å². The van der Waals surface area contributed by atoms with E-state index in [1.165, 1.54) is 0 Å². The third-order valence-corrected chi connectivity index (χ3v) is 3.63. The van der Waals surface area contributed by atoms with Crippen LogP contribution in [0.3, 0.4) is 0 Å². The van der Waals surface area contributed by atoms with Gasteiger partial charge < -0.3 is 15.7 Å². The first-order valence-electron chi connectivity index (χ1n) is 5.89. The fraction of sp³-hybridized carbons (Fsp3) is 0.917. The van der Waals surface area contributed by atoms with Gasteiger partial charge >= 0.3 is 0 Å². The average Bonchev–Trinajstić information content (AvgIpc) is 2.41. The van der Waals surface area contributed by atoms with Crippen molar-refractivity contribution >= 4 is 5.91 Å². The minimum absolute atomic E-state index is 0.0871. The Morgan fingerprint density at radius 1 is 1.56 bits per heavy atom. The molecule has 1 saturated heterocycles. The summed E-state index contributed by atoms with van der Waals surface area (Å²) in [5.41, 5.74) is 4.16. The van der Waals surface area contributed by atoms with Gasteiger partial charge in [-0.25, -0.2) is 0 Å². The molecular formula is C12H24N2O2. The van der Waals surface area contributed by atoms with Crippen molar-refractivity contribution in [2.24, 2.45) is 17.6 Å². The van der Waals surface area contributed by atoms with Crippen molar-refractivity contribution < 1.29 is 9.90 Å². The number of nitrogens with two attached hydrogens (primary N) is 1. The van der Waals surface area contributed by atoms with Gasteiger partial charge in [0.15, 0.2) is 0 Å². The SMILES string of the molecule is CC(C)[C@]1(O)CN(C(=O)C(C)(C)N)C[C@H]1C. The first kappa shape index (κ1) is 13.5.